The number of nitrogens with zero attached hydrogens (tertiary/aromatic N) is 4. The molecule has 2 aromatic rings. The highest BCUT2D eigenvalue weighted by molar-refractivity contribution is 7.99. The second kappa shape index (κ2) is 12.0. The smallest absolute Gasteiger partial charge is 0.433 e. The van der Waals surface area contributed by atoms with E-state index in [4.69, 9.17) is 15.2 Å². The Kier molecular flexibility index (Phi) is 8.91. The van der Waals surface area contributed by atoms with Gasteiger partial charge in [-0.2, -0.15) is 13.2 Å². The highest BCUT2D eigenvalue weighted by Crippen LogP contribution is 2.40. The first kappa shape index (κ1) is 27.6. The van der Waals surface area contributed by atoms with E-state index in [0.717, 1.165) is 56.7 Å². The molecule has 2 fully saturated rings. The lowest BCUT2D eigenvalue weighted by molar-refractivity contribution is -0.141. The van der Waals surface area contributed by atoms with Gasteiger partial charge >= 0.3 is 6.18 Å². The molecule has 0 spiro atoms. The summed E-state index contributed by atoms with van der Waals surface area (Å²) in [6, 6.07) is 3.92. The molecule has 1 aromatic heterocycles. The standard InChI is InChI=1S/C25H34F3N5O3S/c1-35-17-13-18-20(15-22(25(26,27)28)30-23(18)21(14-17)36-2)32-9-7-31(8-10-32)6-4-3-5-19(29)24(34)33-11-12-37-16-33/h13-15,19H,3-12,16,29H2,1-2H3/t19-/m0/s1. The number of anilines is 1. The Hall–Kier alpha value is -2.44. The third-order valence-electron chi connectivity index (χ3n) is 6.91. The number of benzene rings is 1. The van der Waals surface area contributed by atoms with Crippen LogP contribution in [0.4, 0.5) is 18.9 Å². The van der Waals surface area contributed by atoms with Gasteiger partial charge < -0.3 is 25.0 Å². The molecule has 0 radical (unpaired) electrons. The van der Waals surface area contributed by atoms with Crippen LogP contribution >= 0.6 is 11.8 Å². The predicted molar refractivity (Wildman–Crippen MR) is 139 cm³/mol. The number of hydrogen-bond acceptors (Lipinski definition) is 8. The van der Waals surface area contributed by atoms with Crippen molar-refractivity contribution in [3.63, 3.8) is 0 Å². The number of methoxy groups -OCH3 is 2. The number of unbranched alkanes of at least 4 members (excludes halogenated alkanes) is 1. The fourth-order valence-electron chi connectivity index (χ4n) is 4.79. The molecule has 2 saturated heterocycles. The summed E-state index contributed by atoms with van der Waals surface area (Å²) in [4.78, 5) is 22.3. The molecule has 12 heteroatoms. The van der Waals surface area contributed by atoms with Crippen LogP contribution < -0.4 is 20.1 Å². The number of carbonyl (C=O) groups excluding carboxylic acids is 1. The minimum atomic E-state index is -4.58. The quantitative estimate of drug-likeness (QED) is 0.484. The molecule has 0 bridgehead atoms. The molecule has 2 aliphatic rings. The van der Waals surface area contributed by atoms with Crippen molar-refractivity contribution >= 4 is 34.3 Å². The Morgan fingerprint density at radius 2 is 1.86 bits per heavy atom. The lowest BCUT2D eigenvalue weighted by Gasteiger charge is -2.37. The van der Waals surface area contributed by atoms with Crippen molar-refractivity contribution in [2.24, 2.45) is 5.73 Å². The van der Waals surface area contributed by atoms with E-state index in [1.807, 2.05) is 9.80 Å². The molecule has 1 atom stereocenters. The fourth-order valence-corrected chi connectivity index (χ4v) is 5.75. The van der Waals surface area contributed by atoms with Gasteiger partial charge in [-0.15, -0.1) is 11.8 Å². The average Bonchev–Trinajstić information content (AvgIpc) is 3.44. The average molecular weight is 542 g/mol. The zero-order valence-corrected chi connectivity index (χ0v) is 22.0. The maximum Gasteiger partial charge on any atom is 0.433 e. The second-order valence-corrected chi connectivity index (χ2v) is 10.4. The number of aromatic nitrogens is 1. The number of rotatable bonds is 9. The highest BCUT2D eigenvalue weighted by atomic mass is 32.2. The van der Waals surface area contributed by atoms with Crippen LogP contribution in [-0.2, 0) is 11.0 Å². The zero-order valence-electron chi connectivity index (χ0n) is 21.2. The SMILES string of the molecule is COc1cc(OC)c2nc(C(F)(F)F)cc(N3CCN(CCCC[C@H](N)C(=O)N4CCSC4)CC3)c2c1. The summed E-state index contributed by atoms with van der Waals surface area (Å²) in [5, 5.41) is 0.563. The van der Waals surface area contributed by atoms with Crippen LogP contribution in [0, 0.1) is 0 Å². The van der Waals surface area contributed by atoms with Crippen molar-refractivity contribution in [2.45, 2.75) is 31.5 Å². The molecule has 3 heterocycles. The Bertz CT molecular complexity index is 1090. The highest BCUT2D eigenvalue weighted by Gasteiger charge is 2.35. The van der Waals surface area contributed by atoms with Gasteiger partial charge in [-0.25, -0.2) is 4.98 Å². The molecule has 8 nitrogen and oxygen atoms in total. The zero-order chi connectivity index (χ0) is 26.6. The number of halogens is 3. The summed E-state index contributed by atoms with van der Waals surface area (Å²) in [6.45, 7) is 4.25. The third kappa shape index (κ3) is 6.53. The second-order valence-electron chi connectivity index (χ2n) is 9.32. The van der Waals surface area contributed by atoms with Gasteiger partial charge in [-0.3, -0.25) is 9.69 Å². The minimum absolute atomic E-state index is 0.0367. The first-order chi connectivity index (χ1) is 17.7. The number of fused-ring (bicyclic) bond motifs is 1. The van der Waals surface area contributed by atoms with E-state index < -0.39 is 17.9 Å². The maximum atomic E-state index is 13.7. The number of carbonyl (C=O) groups is 1. The molecule has 0 unspecified atom stereocenters. The molecule has 204 valence electrons. The molecule has 2 N–H and O–H groups in total. The van der Waals surface area contributed by atoms with Gasteiger partial charge in [0.25, 0.3) is 0 Å². The van der Waals surface area contributed by atoms with Gasteiger partial charge in [0.05, 0.1) is 26.1 Å². The summed E-state index contributed by atoms with van der Waals surface area (Å²) in [6.07, 6.45) is -2.14. The van der Waals surface area contributed by atoms with Crippen molar-refractivity contribution in [1.82, 2.24) is 14.8 Å². The van der Waals surface area contributed by atoms with Crippen molar-refractivity contribution in [2.75, 3.05) is 70.0 Å². The molecule has 37 heavy (non-hydrogen) atoms. The lowest BCUT2D eigenvalue weighted by Crippen LogP contribution is -2.47. The lowest BCUT2D eigenvalue weighted by atomic mass is 10.1. The first-order valence-electron chi connectivity index (χ1n) is 12.4. The number of piperazine rings is 1. The Balaban J connectivity index is 1.38. The van der Waals surface area contributed by atoms with Gasteiger partial charge in [0.15, 0.2) is 0 Å². The summed E-state index contributed by atoms with van der Waals surface area (Å²) >= 11 is 1.75. The molecule has 2 aliphatic heterocycles. The number of nitrogens with two attached hydrogens (primary N) is 1. The van der Waals surface area contributed by atoms with E-state index >= 15 is 0 Å². The molecular weight excluding hydrogens is 507 g/mol. The molecule has 0 aliphatic carbocycles. The van der Waals surface area contributed by atoms with Crippen LogP contribution in [-0.4, -0.2) is 91.9 Å². The monoisotopic (exact) mass is 541 g/mol. The van der Waals surface area contributed by atoms with Gasteiger partial charge in [-0.1, -0.05) is 6.42 Å². The number of hydrogen-bond donors (Lipinski definition) is 1. The summed E-state index contributed by atoms with van der Waals surface area (Å²) in [7, 11) is 2.91. The van der Waals surface area contributed by atoms with Gasteiger partial charge in [0, 0.05) is 55.6 Å². The minimum Gasteiger partial charge on any atom is -0.497 e. The Morgan fingerprint density at radius 1 is 1.11 bits per heavy atom. The Morgan fingerprint density at radius 3 is 2.49 bits per heavy atom. The van der Waals surface area contributed by atoms with Crippen LogP contribution in [0.5, 0.6) is 11.5 Å². The largest absolute Gasteiger partial charge is 0.497 e. The molecule has 1 amide bonds. The number of alkyl halides is 3. The molecule has 0 saturated carbocycles. The Labute approximate surface area is 219 Å². The first-order valence-corrected chi connectivity index (χ1v) is 13.6. The van der Waals surface area contributed by atoms with Crippen LogP contribution in [0.1, 0.15) is 25.0 Å². The number of amides is 1. The van der Waals surface area contributed by atoms with Gasteiger partial charge in [0.1, 0.15) is 22.7 Å². The summed E-state index contributed by atoms with van der Waals surface area (Å²) < 4.78 is 51.7. The topological polar surface area (TPSA) is 84.2 Å². The fraction of sp³-hybridized carbons (Fsp3) is 0.600. The van der Waals surface area contributed by atoms with E-state index in [-0.39, 0.29) is 17.2 Å². The van der Waals surface area contributed by atoms with Crippen LogP contribution in [0.3, 0.4) is 0 Å². The van der Waals surface area contributed by atoms with Crippen LogP contribution in [0.25, 0.3) is 10.9 Å². The van der Waals surface area contributed by atoms with E-state index in [2.05, 4.69) is 9.88 Å². The van der Waals surface area contributed by atoms with E-state index in [1.165, 1.54) is 14.2 Å². The van der Waals surface area contributed by atoms with Crippen LogP contribution in [0.15, 0.2) is 18.2 Å². The van der Waals surface area contributed by atoms with E-state index in [9.17, 15) is 18.0 Å². The van der Waals surface area contributed by atoms with Crippen molar-refractivity contribution in [1.29, 1.82) is 0 Å². The number of thioether (sulfide) groups is 1. The third-order valence-corrected chi connectivity index (χ3v) is 7.88. The molecular formula is C25H34F3N5O3S. The van der Waals surface area contributed by atoms with Gasteiger partial charge in [0.2, 0.25) is 5.91 Å². The molecule has 1 aromatic carbocycles. The predicted octanol–water partition coefficient (Wildman–Crippen LogP) is 3.42. The number of ether oxygens (including phenoxy) is 2. The summed E-state index contributed by atoms with van der Waals surface area (Å²) in [5.41, 5.74) is 5.79. The maximum absolute atomic E-state index is 13.7. The molecule has 4 rings (SSSR count). The van der Waals surface area contributed by atoms with Crippen molar-refractivity contribution < 1.29 is 27.4 Å². The van der Waals surface area contributed by atoms with E-state index in [0.29, 0.717) is 36.3 Å². The van der Waals surface area contributed by atoms with Gasteiger partial charge in [-0.05, 0) is 31.5 Å². The van der Waals surface area contributed by atoms with Crippen LogP contribution in [0.2, 0.25) is 0 Å². The van der Waals surface area contributed by atoms with E-state index in [1.54, 1.807) is 23.9 Å². The van der Waals surface area contributed by atoms with Crippen molar-refractivity contribution in [3.8, 4) is 11.5 Å². The summed E-state index contributed by atoms with van der Waals surface area (Å²) in [5.74, 6) is 2.47. The van der Waals surface area contributed by atoms with Crippen molar-refractivity contribution in [3.05, 3.63) is 23.9 Å². The normalized spacial score (nSPS) is 17.9. The number of pyridine rings is 1.